The fourth-order valence-corrected chi connectivity index (χ4v) is 2.59. The first-order valence-electron chi connectivity index (χ1n) is 6.84. The van der Waals surface area contributed by atoms with Crippen molar-refractivity contribution in [3.63, 3.8) is 0 Å². The number of anilines is 1. The number of hydrogen-bond acceptors (Lipinski definition) is 3. The Hall–Kier alpha value is -1.55. The van der Waals surface area contributed by atoms with Gasteiger partial charge in [-0.25, -0.2) is 0 Å². The van der Waals surface area contributed by atoms with Gasteiger partial charge in [0.05, 0.1) is 5.92 Å². The average Bonchev–Trinajstić information content (AvgIpc) is 2.39. The van der Waals surface area contributed by atoms with Crippen LogP contribution in [0.25, 0.3) is 0 Å². The van der Waals surface area contributed by atoms with Gasteiger partial charge in [0, 0.05) is 32.9 Å². The number of nitrogens with two attached hydrogens (primary N) is 1. The predicted molar refractivity (Wildman–Crippen MR) is 78.0 cm³/mol. The summed E-state index contributed by atoms with van der Waals surface area (Å²) < 4.78 is 0. The molecule has 19 heavy (non-hydrogen) atoms. The summed E-state index contributed by atoms with van der Waals surface area (Å²) in [6.07, 6.45) is 1.99. The SMILES string of the molecule is CN(C)c1ccc(CN2CCC[C@@H](C(N)=O)C2)cc1. The van der Waals surface area contributed by atoms with Gasteiger partial charge in [-0.3, -0.25) is 9.69 Å². The van der Waals surface area contributed by atoms with E-state index in [0.29, 0.717) is 0 Å². The summed E-state index contributed by atoms with van der Waals surface area (Å²) in [7, 11) is 4.08. The molecule has 0 saturated carbocycles. The molecule has 0 bridgehead atoms. The van der Waals surface area contributed by atoms with E-state index in [4.69, 9.17) is 5.73 Å². The van der Waals surface area contributed by atoms with Crippen LogP contribution >= 0.6 is 0 Å². The monoisotopic (exact) mass is 261 g/mol. The molecule has 1 saturated heterocycles. The highest BCUT2D eigenvalue weighted by atomic mass is 16.1. The summed E-state index contributed by atoms with van der Waals surface area (Å²) in [5.41, 5.74) is 7.90. The molecule has 2 N–H and O–H groups in total. The summed E-state index contributed by atoms with van der Waals surface area (Å²) in [6, 6.07) is 8.57. The molecule has 1 heterocycles. The van der Waals surface area contributed by atoms with Crippen molar-refractivity contribution in [1.82, 2.24) is 4.90 Å². The normalized spacial score (nSPS) is 20.2. The Kier molecular flexibility index (Phi) is 4.43. The summed E-state index contributed by atoms with van der Waals surface area (Å²) >= 11 is 0. The Labute approximate surface area is 115 Å². The Morgan fingerprint density at radius 1 is 1.37 bits per heavy atom. The number of carbonyl (C=O) groups excluding carboxylic acids is 1. The molecule has 0 unspecified atom stereocenters. The Morgan fingerprint density at radius 2 is 2.05 bits per heavy atom. The van der Waals surface area contributed by atoms with Crippen molar-refractivity contribution >= 4 is 11.6 Å². The van der Waals surface area contributed by atoms with Crippen LogP contribution in [-0.2, 0) is 11.3 Å². The van der Waals surface area contributed by atoms with Crippen molar-refractivity contribution in [2.45, 2.75) is 19.4 Å². The molecule has 1 amide bonds. The number of piperidine rings is 1. The molecule has 1 aliphatic heterocycles. The van der Waals surface area contributed by atoms with E-state index < -0.39 is 0 Å². The number of likely N-dealkylation sites (tertiary alicyclic amines) is 1. The second kappa shape index (κ2) is 6.06. The van der Waals surface area contributed by atoms with Crippen LogP contribution in [0.4, 0.5) is 5.69 Å². The Balaban J connectivity index is 1.95. The fourth-order valence-electron chi connectivity index (χ4n) is 2.59. The molecule has 0 spiro atoms. The van der Waals surface area contributed by atoms with Gasteiger partial charge < -0.3 is 10.6 Å². The molecular formula is C15H23N3O. The maximum Gasteiger partial charge on any atom is 0.221 e. The number of nitrogens with zero attached hydrogens (tertiary/aromatic N) is 2. The first kappa shape index (κ1) is 13.9. The Morgan fingerprint density at radius 3 is 2.63 bits per heavy atom. The lowest BCUT2D eigenvalue weighted by molar-refractivity contribution is -0.123. The minimum Gasteiger partial charge on any atom is -0.378 e. The molecule has 4 heteroatoms. The van der Waals surface area contributed by atoms with Crippen LogP contribution in [0.15, 0.2) is 24.3 Å². The smallest absolute Gasteiger partial charge is 0.221 e. The van der Waals surface area contributed by atoms with Crippen LogP contribution in [0, 0.1) is 5.92 Å². The largest absolute Gasteiger partial charge is 0.378 e. The van der Waals surface area contributed by atoms with Gasteiger partial charge in [-0.15, -0.1) is 0 Å². The lowest BCUT2D eigenvalue weighted by Crippen LogP contribution is -2.40. The summed E-state index contributed by atoms with van der Waals surface area (Å²) in [5, 5.41) is 0. The lowest BCUT2D eigenvalue weighted by Gasteiger charge is -2.31. The zero-order chi connectivity index (χ0) is 13.8. The number of benzene rings is 1. The second-order valence-corrected chi connectivity index (χ2v) is 5.54. The minimum atomic E-state index is -0.160. The van der Waals surface area contributed by atoms with Gasteiger partial charge in [-0.05, 0) is 37.1 Å². The first-order valence-corrected chi connectivity index (χ1v) is 6.84. The van der Waals surface area contributed by atoms with Gasteiger partial charge in [-0.2, -0.15) is 0 Å². The van der Waals surface area contributed by atoms with E-state index >= 15 is 0 Å². The molecule has 1 aromatic rings. The van der Waals surface area contributed by atoms with E-state index in [1.54, 1.807) is 0 Å². The van der Waals surface area contributed by atoms with Gasteiger partial charge in [-0.1, -0.05) is 12.1 Å². The maximum absolute atomic E-state index is 11.3. The van der Waals surface area contributed by atoms with Crippen LogP contribution in [0.5, 0.6) is 0 Å². The predicted octanol–water partition coefficient (Wildman–Crippen LogP) is 1.45. The molecule has 4 nitrogen and oxygen atoms in total. The third-order valence-corrected chi connectivity index (χ3v) is 3.77. The zero-order valence-electron chi connectivity index (χ0n) is 11.8. The highest BCUT2D eigenvalue weighted by Gasteiger charge is 2.23. The van der Waals surface area contributed by atoms with Crippen LogP contribution in [0.1, 0.15) is 18.4 Å². The summed E-state index contributed by atoms with van der Waals surface area (Å²) in [5.74, 6) is -0.137. The van der Waals surface area contributed by atoms with Gasteiger partial charge in [0.2, 0.25) is 5.91 Å². The third-order valence-electron chi connectivity index (χ3n) is 3.77. The van der Waals surface area contributed by atoms with Gasteiger partial charge in [0.15, 0.2) is 0 Å². The number of primary amides is 1. The van der Waals surface area contributed by atoms with E-state index in [0.717, 1.165) is 32.5 Å². The molecule has 2 rings (SSSR count). The standard InChI is InChI=1S/C15H23N3O/c1-17(2)14-7-5-12(6-8-14)10-18-9-3-4-13(11-18)15(16)19/h5-8,13H,3-4,9-11H2,1-2H3,(H2,16,19)/t13-/m1/s1. The quantitative estimate of drug-likeness (QED) is 0.892. The molecule has 1 fully saturated rings. The maximum atomic E-state index is 11.3. The summed E-state index contributed by atoms with van der Waals surface area (Å²) in [4.78, 5) is 15.7. The van der Waals surface area contributed by atoms with E-state index in [1.165, 1.54) is 11.3 Å². The molecule has 1 atom stereocenters. The first-order chi connectivity index (χ1) is 9.06. The Bertz CT molecular complexity index is 428. The molecular weight excluding hydrogens is 238 g/mol. The minimum absolute atomic E-state index is 0.0230. The summed E-state index contributed by atoms with van der Waals surface area (Å²) in [6.45, 7) is 2.75. The van der Waals surface area contributed by atoms with Crippen LogP contribution in [0.2, 0.25) is 0 Å². The molecule has 104 valence electrons. The topological polar surface area (TPSA) is 49.6 Å². The fraction of sp³-hybridized carbons (Fsp3) is 0.533. The van der Waals surface area contributed by atoms with Gasteiger partial charge >= 0.3 is 0 Å². The van der Waals surface area contributed by atoms with Crippen molar-refractivity contribution in [3.8, 4) is 0 Å². The lowest BCUT2D eigenvalue weighted by atomic mass is 9.97. The van der Waals surface area contributed by atoms with Crippen molar-refractivity contribution in [1.29, 1.82) is 0 Å². The second-order valence-electron chi connectivity index (χ2n) is 5.54. The van der Waals surface area contributed by atoms with Gasteiger partial charge in [0.1, 0.15) is 0 Å². The molecule has 0 aromatic heterocycles. The third kappa shape index (κ3) is 3.70. The van der Waals surface area contributed by atoms with Crippen molar-refractivity contribution in [3.05, 3.63) is 29.8 Å². The number of amides is 1. The average molecular weight is 261 g/mol. The highest BCUT2D eigenvalue weighted by molar-refractivity contribution is 5.76. The number of rotatable bonds is 4. The van der Waals surface area contributed by atoms with E-state index in [2.05, 4.69) is 34.1 Å². The van der Waals surface area contributed by atoms with Crippen LogP contribution in [0.3, 0.4) is 0 Å². The molecule has 0 aliphatic carbocycles. The zero-order valence-corrected chi connectivity index (χ0v) is 11.8. The van der Waals surface area contributed by atoms with Crippen molar-refractivity contribution in [2.24, 2.45) is 11.7 Å². The highest BCUT2D eigenvalue weighted by Crippen LogP contribution is 2.19. The van der Waals surface area contributed by atoms with Crippen molar-refractivity contribution < 1.29 is 4.79 Å². The molecule has 1 aliphatic rings. The molecule has 1 aromatic carbocycles. The number of carbonyl (C=O) groups is 1. The van der Waals surface area contributed by atoms with E-state index in [-0.39, 0.29) is 11.8 Å². The molecule has 0 radical (unpaired) electrons. The number of hydrogen-bond donors (Lipinski definition) is 1. The van der Waals surface area contributed by atoms with E-state index in [1.807, 2.05) is 14.1 Å². The van der Waals surface area contributed by atoms with E-state index in [9.17, 15) is 4.79 Å². The van der Waals surface area contributed by atoms with Gasteiger partial charge in [0.25, 0.3) is 0 Å². The van der Waals surface area contributed by atoms with Crippen molar-refractivity contribution in [2.75, 3.05) is 32.1 Å². The van der Waals surface area contributed by atoms with Crippen LogP contribution < -0.4 is 10.6 Å². The van der Waals surface area contributed by atoms with Crippen LogP contribution in [-0.4, -0.2) is 38.0 Å².